The van der Waals surface area contributed by atoms with Crippen molar-refractivity contribution < 1.29 is 10.2 Å². The predicted octanol–water partition coefficient (Wildman–Crippen LogP) is 4.33. The number of nitrogens with one attached hydrogen (secondary N) is 1. The molecule has 170 valence electrons. The SMILES string of the molecule is CN(CCN=C1/C(=C2/CN(C)c3c2cc(Br)c(Br)c3Br)Nc2ccccc21)CC(O)CO. The number of hydrogen-bond acceptors (Lipinski definition) is 6. The summed E-state index contributed by atoms with van der Waals surface area (Å²) in [5, 5.41) is 22.4. The van der Waals surface area contributed by atoms with Crippen molar-refractivity contribution >= 4 is 70.4 Å². The zero-order chi connectivity index (χ0) is 23.0. The number of benzene rings is 2. The van der Waals surface area contributed by atoms with E-state index in [1.807, 2.05) is 24.1 Å². The second kappa shape index (κ2) is 9.95. The Bertz CT molecular complexity index is 1100. The van der Waals surface area contributed by atoms with Gasteiger partial charge in [0.2, 0.25) is 0 Å². The van der Waals surface area contributed by atoms with Gasteiger partial charge in [0.25, 0.3) is 0 Å². The maximum absolute atomic E-state index is 9.68. The normalized spacial score (nSPS) is 19.5. The minimum Gasteiger partial charge on any atom is -0.394 e. The van der Waals surface area contributed by atoms with Gasteiger partial charge in [0, 0.05) is 58.0 Å². The van der Waals surface area contributed by atoms with Crippen LogP contribution >= 0.6 is 47.8 Å². The van der Waals surface area contributed by atoms with E-state index in [1.165, 1.54) is 11.1 Å². The summed E-state index contributed by atoms with van der Waals surface area (Å²) >= 11 is 11.1. The number of allylic oxidation sites excluding steroid dienone is 1. The summed E-state index contributed by atoms with van der Waals surface area (Å²) in [5.74, 6) is 0. The number of halogens is 3. The number of likely N-dealkylation sites (N-methyl/N-ethyl adjacent to an activating group) is 2. The molecule has 0 radical (unpaired) electrons. The number of aliphatic hydroxyl groups excluding tert-OH is 2. The van der Waals surface area contributed by atoms with Crippen LogP contribution in [0, 0.1) is 0 Å². The first-order valence-corrected chi connectivity index (χ1v) is 12.7. The average molecular weight is 629 g/mol. The lowest BCUT2D eigenvalue weighted by Crippen LogP contribution is -2.33. The van der Waals surface area contributed by atoms with E-state index in [2.05, 4.69) is 83.3 Å². The van der Waals surface area contributed by atoms with Gasteiger partial charge in [-0.1, -0.05) is 18.2 Å². The molecule has 0 saturated heterocycles. The third-order valence-corrected chi connectivity index (χ3v) is 8.99. The molecule has 9 heteroatoms. The molecule has 2 heterocycles. The molecule has 0 aliphatic carbocycles. The lowest BCUT2D eigenvalue weighted by Gasteiger charge is -2.18. The molecule has 2 aromatic carbocycles. The summed E-state index contributed by atoms with van der Waals surface area (Å²) in [6, 6.07) is 10.4. The fourth-order valence-corrected chi connectivity index (χ4v) is 5.88. The number of fused-ring (bicyclic) bond motifs is 2. The van der Waals surface area contributed by atoms with Crippen LogP contribution in [0.3, 0.4) is 0 Å². The molecule has 2 aromatic rings. The van der Waals surface area contributed by atoms with Crippen molar-refractivity contribution in [1.29, 1.82) is 0 Å². The Morgan fingerprint density at radius 2 is 1.94 bits per heavy atom. The number of nitrogens with zero attached hydrogens (tertiary/aromatic N) is 3. The number of rotatable bonds is 6. The highest BCUT2D eigenvalue weighted by Gasteiger charge is 2.33. The Hall–Kier alpha value is -1.23. The van der Waals surface area contributed by atoms with Gasteiger partial charge in [-0.05, 0) is 67.0 Å². The van der Waals surface area contributed by atoms with Gasteiger partial charge in [-0.2, -0.15) is 0 Å². The molecule has 0 amide bonds. The molecule has 2 aliphatic rings. The highest BCUT2D eigenvalue weighted by molar-refractivity contribution is 9.14. The largest absolute Gasteiger partial charge is 0.394 e. The minimum atomic E-state index is -0.735. The van der Waals surface area contributed by atoms with E-state index < -0.39 is 6.10 Å². The van der Waals surface area contributed by atoms with E-state index in [-0.39, 0.29) is 6.61 Å². The van der Waals surface area contributed by atoms with Crippen LogP contribution in [0.2, 0.25) is 0 Å². The fourth-order valence-electron chi connectivity index (χ4n) is 4.15. The Morgan fingerprint density at radius 3 is 2.69 bits per heavy atom. The van der Waals surface area contributed by atoms with Gasteiger partial charge in [0.15, 0.2) is 0 Å². The van der Waals surface area contributed by atoms with Gasteiger partial charge in [-0.15, -0.1) is 0 Å². The number of aliphatic imine (C=N–C) groups is 1. The van der Waals surface area contributed by atoms with E-state index in [1.54, 1.807) is 0 Å². The van der Waals surface area contributed by atoms with Gasteiger partial charge >= 0.3 is 0 Å². The molecular formula is C23H25Br3N4O2. The quantitative estimate of drug-likeness (QED) is 0.416. The molecule has 0 fully saturated rings. The first-order chi connectivity index (χ1) is 15.3. The summed E-state index contributed by atoms with van der Waals surface area (Å²) in [7, 11) is 4.02. The van der Waals surface area contributed by atoms with Crippen LogP contribution in [0.5, 0.6) is 0 Å². The molecule has 4 rings (SSSR count). The Morgan fingerprint density at radius 1 is 1.19 bits per heavy atom. The highest BCUT2D eigenvalue weighted by Crippen LogP contribution is 2.48. The molecule has 0 aromatic heterocycles. The third-order valence-electron chi connectivity index (χ3n) is 5.70. The highest BCUT2D eigenvalue weighted by atomic mass is 79.9. The maximum Gasteiger partial charge on any atom is 0.0906 e. The average Bonchev–Trinajstić information content (AvgIpc) is 3.29. The third kappa shape index (κ3) is 4.56. The fraction of sp³-hybridized carbons (Fsp3) is 0.348. The Balaban J connectivity index is 1.72. The van der Waals surface area contributed by atoms with Gasteiger partial charge in [0.05, 0.1) is 40.8 Å². The van der Waals surface area contributed by atoms with Crippen LogP contribution in [0.4, 0.5) is 11.4 Å². The van der Waals surface area contributed by atoms with Crippen LogP contribution in [0.15, 0.2) is 54.4 Å². The van der Waals surface area contributed by atoms with Crippen LogP contribution in [0.1, 0.15) is 11.1 Å². The second-order valence-corrected chi connectivity index (χ2v) is 10.5. The number of para-hydroxylation sites is 1. The van der Waals surface area contributed by atoms with Crippen molar-refractivity contribution in [3.05, 3.63) is 60.6 Å². The summed E-state index contributed by atoms with van der Waals surface area (Å²) in [4.78, 5) is 9.21. The van der Waals surface area contributed by atoms with Crippen LogP contribution < -0.4 is 10.2 Å². The molecule has 1 unspecified atom stereocenters. The van der Waals surface area contributed by atoms with Gasteiger partial charge in [-0.25, -0.2) is 0 Å². The zero-order valence-electron chi connectivity index (χ0n) is 17.9. The zero-order valence-corrected chi connectivity index (χ0v) is 22.6. The molecule has 32 heavy (non-hydrogen) atoms. The molecular weight excluding hydrogens is 604 g/mol. The molecule has 0 saturated carbocycles. The molecule has 2 aliphatic heterocycles. The molecule has 3 N–H and O–H groups in total. The molecule has 1 atom stereocenters. The smallest absolute Gasteiger partial charge is 0.0906 e. The predicted molar refractivity (Wildman–Crippen MR) is 142 cm³/mol. The van der Waals surface area contributed by atoms with Crippen molar-refractivity contribution in [2.45, 2.75) is 6.10 Å². The standard InChI is InChI=1S/C23H25Br3N4O2/c1-29(10-13(32)12-31)8-7-27-21-14-5-3-4-6-18(14)28-22(21)16-11-30(2)23-15(16)9-17(24)19(25)20(23)26/h3-6,9,13,28,31-32H,7-8,10-12H2,1-2H3/b22-16+,27-21?. The Kier molecular flexibility index (Phi) is 7.43. The van der Waals surface area contributed by atoms with E-state index >= 15 is 0 Å². The second-order valence-electron chi connectivity index (χ2n) is 8.09. The summed E-state index contributed by atoms with van der Waals surface area (Å²) in [6.45, 7) is 2.23. The van der Waals surface area contributed by atoms with Gasteiger partial charge in [0.1, 0.15) is 0 Å². The van der Waals surface area contributed by atoms with Gasteiger partial charge < -0.3 is 25.3 Å². The lowest BCUT2D eigenvalue weighted by molar-refractivity contribution is 0.0675. The molecule has 0 bridgehead atoms. The summed E-state index contributed by atoms with van der Waals surface area (Å²) in [5.41, 5.74) is 7.68. The number of anilines is 2. The van der Waals surface area contributed by atoms with Crippen LogP contribution in [-0.4, -0.2) is 73.8 Å². The number of hydrogen-bond donors (Lipinski definition) is 3. The van der Waals surface area contributed by atoms with Crippen molar-refractivity contribution in [1.82, 2.24) is 4.90 Å². The van der Waals surface area contributed by atoms with E-state index in [0.29, 0.717) is 19.6 Å². The van der Waals surface area contributed by atoms with Crippen LogP contribution in [-0.2, 0) is 0 Å². The minimum absolute atomic E-state index is 0.236. The van der Waals surface area contributed by atoms with Crippen molar-refractivity contribution in [3.8, 4) is 0 Å². The van der Waals surface area contributed by atoms with E-state index in [4.69, 9.17) is 10.1 Å². The van der Waals surface area contributed by atoms with Crippen molar-refractivity contribution in [2.24, 2.45) is 4.99 Å². The van der Waals surface area contributed by atoms with Crippen molar-refractivity contribution in [2.75, 3.05) is 57.1 Å². The lowest BCUT2D eigenvalue weighted by atomic mass is 10.0. The first-order valence-electron chi connectivity index (χ1n) is 10.3. The molecule has 6 nitrogen and oxygen atoms in total. The Labute approximate surface area is 213 Å². The van der Waals surface area contributed by atoms with E-state index in [0.717, 1.165) is 48.3 Å². The monoisotopic (exact) mass is 626 g/mol. The van der Waals surface area contributed by atoms with Crippen molar-refractivity contribution in [3.63, 3.8) is 0 Å². The summed E-state index contributed by atoms with van der Waals surface area (Å²) < 4.78 is 3.02. The number of aliphatic hydroxyl groups is 2. The van der Waals surface area contributed by atoms with E-state index in [9.17, 15) is 5.11 Å². The maximum atomic E-state index is 9.68. The van der Waals surface area contributed by atoms with Gasteiger partial charge in [-0.3, -0.25) is 4.99 Å². The van der Waals surface area contributed by atoms with Crippen LogP contribution in [0.25, 0.3) is 5.57 Å². The first kappa shape index (κ1) is 23.9. The molecule has 0 spiro atoms. The summed E-state index contributed by atoms with van der Waals surface area (Å²) in [6.07, 6.45) is -0.735. The topological polar surface area (TPSA) is 71.3 Å².